The molecule has 1 saturated heterocycles. The van der Waals surface area contributed by atoms with Crippen LogP contribution in [0.3, 0.4) is 0 Å². The van der Waals surface area contributed by atoms with E-state index < -0.39 is 17.6 Å². The highest BCUT2D eigenvalue weighted by atomic mass is 19.4. The second-order valence-corrected chi connectivity index (χ2v) is 4.32. The van der Waals surface area contributed by atoms with Gasteiger partial charge in [-0.25, -0.2) is 9.40 Å². The van der Waals surface area contributed by atoms with E-state index in [0.29, 0.717) is 13.1 Å². The summed E-state index contributed by atoms with van der Waals surface area (Å²) in [6.45, 7) is 1.35. The van der Waals surface area contributed by atoms with Gasteiger partial charge in [0, 0.05) is 13.1 Å². The number of benzene rings is 1. The Kier molecular flexibility index (Phi) is 3.75. The predicted molar refractivity (Wildman–Crippen MR) is 60.4 cm³/mol. The van der Waals surface area contributed by atoms with E-state index in [9.17, 15) is 17.6 Å². The van der Waals surface area contributed by atoms with Crippen LogP contribution < -0.4 is 5.43 Å². The third-order valence-electron chi connectivity index (χ3n) is 2.93. The van der Waals surface area contributed by atoms with E-state index in [-0.39, 0.29) is 5.69 Å². The fraction of sp³-hybridized carbons (Fsp3) is 0.500. The molecule has 1 heterocycles. The van der Waals surface area contributed by atoms with Crippen LogP contribution in [-0.4, -0.2) is 18.1 Å². The highest BCUT2D eigenvalue weighted by Crippen LogP contribution is 2.37. The van der Waals surface area contributed by atoms with Crippen molar-refractivity contribution < 1.29 is 17.6 Å². The van der Waals surface area contributed by atoms with Crippen molar-refractivity contribution in [2.45, 2.75) is 25.4 Å². The van der Waals surface area contributed by atoms with Crippen LogP contribution in [-0.2, 0) is 6.18 Å². The maximum atomic E-state index is 13.3. The molecule has 2 nitrogen and oxygen atoms in total. The van der Waals surface area contributed by atoms with Gasteiger partial charge in [-0.05, 0) is 25.0 Å². The Balaban J connectivity index is 2.24. The number of anilines is 1. The number of hydrazine groups is 1. The Morgan fingerprint density at radius 1 is 1.06 bits per heavy atom. The lowest BCUT2D eigenvalue weighted by molar-refractivity contribution is -0.139. The molecule has 100 valence electrons. The summed E-state index contributed by atoms with van der Waals surface area (Å²) in [4.78, 5) is 0. The SMILES string of the molecule is Fc1cccc(NN2CCCCC2)c1C(F)(F)F. The standard InChI is InChI=1S/C12H14F4N2/c13-9-5-4-6-10(11(9)12(14,15)16)17-18-7-2-1-3-8-18/h4-6,17H,1-3,7-8H2. The van der Waals surface area contributed by atoms with Gasteiger partial charge in [-0.15, -0.1) is 0 Å². The first-order chi connectivity index (χ1) is 8.48. The van der Waals surface area contributed by atoms with Gasteiger partial charge in [0.05, 0.1) is 5.69 Å². The first kappa shape index (κ1) is 13.1. The normalized spacial score (nSPS) is 17.8. The number of alkyl halides is 3. The van der Waals surface area contributed by atoms with Gasteiger partial charge in [-0.3, -0.25) is 0 Å². The van der Waals surface area contributed by atoms with Gasteiger partial charge in [0.15, 0.2) is 0 Å². The summed E-state index contributed by atoms with van der Waals surface area (Å²) in [5.74, 6) is -1.25. The molecular weight excluding hydrogens is 248 g/mol. The predicted octanol–water partition coefficient (Wildman–Crippen LogP) is 3.66. The molecule has 1 aromatic carbocycles. The zero-order valence-corrected chi connectivity index (χ0v) is 9.73. The molecule has 0 amide bonds. The van der Waals surface area contributed by atoms with E-state index in [1.54, 1.807) is 5.01 Å². The summed E-state index contributed by atoms with van der Waals surface area (Å²) in [6.07, 6.45) is -1.75. The number of piperidine rings is 1. The van der Waals surface area contributed by atoms with Crippen molar-refractivity contribution in [2.75, 3.05) is 18.5 Å². The van der Waals surface area contributed by atoms with E-state index in [1.165, 1.54) is 12.1 Å². The van der Waals surface area contributed by atoms with Crippen molar-refractivity contribution in [3.63, 3.8) is 0 Å². The molecule has 1 fully saturated rings. The Labute approximate surface area is 103 Å². The van der Waals surface area contributed by atoms with Crippen LogP contribution in [0.15, 0.2) is 18.2 Å². The molecule has 0 unspecified atom stereocenters. The lowest BCUT2D eigenvalue weighted by Gasteiger charge is -2.29. The zero-order valence-electron chi connectivity index (χ0n) is 9.73. The highest BCUT2D eigenvalue weighted by molar-refractivity contribution is 5.52. The van der Waals surface area contributed by atoms with Crippen molar-refractivity contribution in [3.05, 3.63) is 29.6 Å². The topological polar surface area (TPSA) is 15.3 Å². The van der Waals surface area contributed by atoms with Crippen LogP contribution in [0.2, 0.25) is 0 Å². The van der Waals surface area contributed by atoms with Crippen LogP contribution >= 0.6 is 0 Å². The third-order valence-corrected chi connectivity index (χ3v) is 2.93. The summed E-state index contributed by atoms with van der Waals surface area (Å²) in [7, 11) is 0. The van der Waals surface area contributed by atoms with E-state index >= 15 is 0 Å². The molecule has 0 aromatic heterocycles. The number of nitrogens with one attached hydrogen (secondary N) is 1. The fourth-order valence-electron chi connectivity index (χ4n) is 2.08. The molecule has 0 aliphatic carbocycles. The monoisotopic (exact) mass is 262 g/mol. The van der Waals surface area contributed by atoms with Crippen LogP contribution in [0, 0.1) is 5.82 Å². The number of halogens is 4. The van der Waals surface area contributed by atoms with Gasteiger partial charge in [0.1, 0.15) is 11.4 Å². The first-order valence-electron chi connectivity index (χ1n) is 5.86. The average Bonchev–Trinajstić information content (AvgIpc) is 2.28. The molecule has 0 atom stereocenters. The average molecular weight is 262 g/mol. The molecule has 1 aliphatic rings. The maximum absolute atomic E-state index is 13.3. The minimum Gasteiger partial charge on any atom is -0.318 e. The molecule has 1 aromatic rings. The van der Waals surface area contributed by atoms with Crippen LogP contribution in [0.1, 0.15) is 24.8 Å². The Hall–Kier alpha value is -1.30. The van der Waals surface area contributed by atoms with E-state index in [2.05, 4.69) is 5.43 Å². The quantitative estimate of drug-likeness (QED) is 0.818. The Bertz CT molecular complexity index is 411. The molecule has 0 spiro atoms. The smallest absolute Gasteiger partial charge is 0.318 e. The van der Waals surface area contributed by atoms with Gasteiger partial charge in [0.2, 0.25) is 0 Å². The van der Waals surface area contributed by atoms with Gasteiger partial charge < -0.3 is 5.43 Å². The summed E-state index contributed by atoms with van der Waals surface area (Å²) < 4.78 is 51.6. The molecule has 1 N–H and O–H groups in total. The second kappa shape index (κ2) is 5.14. The van der Waals surface area contributed by atoms with Crippen LogP contribution in [0.5, 0.6) is 0 Å². The minimum absolute atomic E-state index is 0.218. The maximum Gasteiger partial charge on any atom is 0.421 e. The van der Waals surface area contributed by atoms with E-state index in [1.807, 2.05) is 0 Å². The van der Waals surface area contributed by atoms with Gasteiger partial charge >= 0.3 is 6.18 Å². The third kappa shape index (κ3) is 2.93. The van der Waals surface area contributed by atoms with Crippen molar-refractivity contribution in [1.82, 2.24) is 5.01 Å². The van der Waals surface area contributed by atoms with Gasteiger partial charge in [-0.1, -0.05) is 12.5 Å². The zero-order chi connectivity index (χ0) is 13.2. The van der Waals surface area contributed by atoms with Crippen molar-refractivity contribution >= 4 is 5.69 Å². The van der Waals surface area contributed by atoms with Crippen LogP contribution in [0.4, 0.5) is 23.2 Å². The molecule has 0 radical (unpaired) electrons. The molecule has 1 aliphatic heterocycles. The lowest BCUT2D eigenvalue weighted by Crippen LogP contribution is -2.35. The molecule has 6 heteroatoms. The molecule has 0 bridgehead atoms. The van der Waals surface area contributed by atoms with Crippen molar-refractivity contribution in [3.8, 4) is 0 Å². The number of rotatable bonds is 2. The number of hydrogen-bond donors (Lipinski definition) is 1. The van der Waals surface area contributed by atoms with Gasteiger partial charge in [-0.2, -0.15) is 13.2 Å². The van der Waals surface area contributed by atoms with E-state index in [0.717, 1.165) is 25.3 Å². The summed E-state index contributed by atoms with van der Waals surface area (Å²) in [5, 5.41) is 1.70. The summed E-state index contributed by atoms with van der Waals surface area (Å²) >= 11 is 0. The van der Waals surface area contributed by atoms with Crippen LogP contribution in [0.25, 0.3) is 0 Å². The Morgan fingerprint density at radius 2 is 1.72 bits per heavy atom. The molecule has 0 saturated carbocycles. The van der Waals surface area contributed by atoms with Gasteiger partial charge in [0.25, 0.3) is 0 Å². The minimum atomic E-state index is -4.69. The highest BCUT2D eigenvalue weighted by Gasteiger charge is 2.37. The number of hydrogen-bond acceptors (Lipinski definition) is 2. The van der Waals surface area contributed by atoms with Crippen molar-refractivity contribution in [2.24, 2.45) is 0 Å². The summed E-state index contributed by atoms with van der Waals surface area (Å²) in [5.41, 5.74) is 1.23. The fourth-order valence-corrected chi connectivity index (χ4v) is 2.08. The largest absolute Gasteiger partial charge is 0.421 e. The van der Waals surface area contributed by atoms with Crippen molar-refractivity contribution in [1.29, 1.82) is 0 Å². The number of nitrogens with zero attached hydrogens (tertiary/aromatic N) is 1. The first-order valence-corrected chi connectivity index (χ1v) is 5.86. The Morgan fingerprint density at radius 3 is 2.33 bits per heavy atom. The molecule has 18 heavy (non-hydrogen) atoms. The molecule has 2 rings (SSSR count). The summed E-state index contributed by atoms with van der Waals surface area (Å²) in [6, 6.07) is 3.35. The molecular formula is C12H14F4N2. The van der Waals surface area contributed by atoms with E-state index in [4.69, 9.17) is 0 Å². The lowest BCUT2D eigenvalue weighted by atomic mass is 10.1. The second-order valence-electron chi connectivity index (χ2n) is 4.32.